The predicted molar refractivity (Wildman–Crippen MR) is 48.7 cm³/mol. The Morgan fingerprint density at radius 1 is 1.42 bits per heavy atom. The van der Waals surface area contributed by atoms with E-state index >= 15 is 0 Å². The van der Waals surface area contributed by atoms with Gasteiger partial charge in [0.1, 0.15) is 0 Å². The summed E-state index contributed by atoms with van der Waals surface area (Å²) in [5.41, 5.74) is 0. The molecule has 0 saturated carbocycles. The lowest BCUT2D eigenvalue weighted by Crippen LogP contribution is -2.26. The molecular formula is C8H18N2O2. The first-order valence-corrected chi connectivity index (χ1v) is 3.79. The lowest BCUT2D eigenvalue weighted by molar-refractivity contribution is -0.131. The Hall–Kier alpha value is -1.06. The highest BCUT2D eigenvalue weighted by atomic mass is 16.2. The van der Waals surface area contributed by atoms with Crippen LogP contribution in [0.4, 0.5) is 0 Å². The summed E-state index contributed by atoms with van der Waals surface area (Å²) >= 11 is 0. The second-order valence-electron chi connectivity index (χ2n) is 2.79. The van der Waals surface area contributed by atoms with Crippen molar-refractivity contribution in [3.05, 3.63) is 0 Å². The first-order valence-electron chi connectivity index (χ1n) is 3.79. The molecule has 0 fully saturated rings. The maximum atomic E-state index is 10.8. The van der Waals surface area contributed by atoms with Gasteiger partial charge in [-0.25, -0.2) is 0 Å². The number of nitrogens with zero attached hydrogens (tertiary/aromatic N) is 1. The van der Waals surface area contributed by atoms with E-state index < -0.39 is 0 Å². The smallest absolute Gasteiger partial charge is 0.224 e. The number of carbonyl (C=O) groups excluding carboxylic acids is 2. The summed E-state index contributed by atoms with van der Waals surface area (Å²) in [6.45, 7) is 3.78. The van der Waals surface area contributed by atoms with Crippen LogP contribution < -0.4 is 5.32 Å². The second kappa shape index (κ2) is 8.04. The third-order valence-electron chi connectivity index (χ3n) is 1.05. The van der Waals surface area contributed by atoms with E-state index in [2.05, 4.69) is 5.32 Å². The van der Waals surface area contributed by atoms with E-state index in [1.807, 2.05) is 13.8 Å². The Balaban J connectivity index is 0. The highest BCUT2D eigenvalue weighted by Crippen LogP contribution is 1.94. The van der Waals surface area contributed by atoms with Crippen LogP contribution in [0.5, 0.6) is 0 Å². The minimum absolute atomic E-state index is 0.130. The monoisotopic (exact) mass is 174 g/mol. The molecule has 0 aliphatic rings. The standard InChI is InChI=1S/C6H13NO.C2H5NO/c1-5(2)6(8)7(3)4;1-3-2-4/h5H,1-4H3;2H,1H3,(H,3,4). The maximum absolute atomic E-state index is 10.8. The molecule has 0 heterocycles. The van der Waals surface area contributed by atoms with Crippen molar-refractivity contribution < 1.29 is 9.59 Å². The Kier molecular flexibility index (Phi) is 9.06. The van der Waals surface area contributed by atoms with E-state index in [9.17, 15) is 4.79 Å². The van der Waals surface area contributed by atoms with Crippen LogP contribution in [-0.4, -0.2) is 38.4 Å². The van der Waals surface area contributed by atoms with Crippen molar-refractivity contribution >= 4 is 12.3 Å². The summed E-state index contributed by atoms with van der Waals surface area (Å²) in [6.07, 6.45) is 0.625. The third kappa shape index (κ3) is 8.94. The molecule has 2 amide bonds. The Bertz CT molecular complexity index is 123. The van der Waals surface area contributed by atoms with E-state index in [0.29, 0.717) is 6.41 Å². The number of carbonyl (C=O) groups is 2. The van der Waals surface area contributed by atoms with Crippen molar-refractivity contribution in [1.29, 1.82) is 0 Å². The zero-order valence-electron chi connectivity index (χ0n) is 8.42. The predicted octanol–water partition coefficient (Wildman–Crippen LogP) is 0.0928. The lowest BCUT2D eigenvalue weighted by Gasteiger charge is -2.11. The molecule has 0 bridgehead atoms. The normalized spacial score (nSPS) is 8.17. The number of hydrogen-bond acceptors (Lipinski definition) is 2. The largest absolute Gasteiger partial charge is 0.362 e. The molecule has 1 N–H and O–H groups in total. The highest BCUT2D eigenvalue weighted by molar-refractivity contribution is 5.77. The van der Waals surface area contributed by atoms with Crippen LogP contribution in [0.3, 0.4) is 0 Å². The van der Waals surface area contributed by atoms with E-state index in [4.69, 9.17) is 4.79 Å². The first kappa shape index (κ1) is 13.5. The van der Waals surface area contributed by atoms with Crippen LogP contribution in [-0.2, 0) is 9.59 Å². The van der Waals surface area contributed by atoms with Crippen LogP contribution in [0.15, 0.2) is 0 Å². The molecule has 4 heteroatoms. The average molecular weight is 174 g/mol. The molecule has 0 spiro atoms. The van der Waals surface area contributed by atoms with Gasteiger partial charge in [0, 0.05) is 27.1 Å². The zero-order valence-corrected chi connectivity index (χ0v) is 8.42. The summed E-state index contributed by atoms with van der Waals surface area (Å²) in [4.78, 5) is 21.4. The Morgan fingerprint density at radius 3 is 1.75 bits per heavy atom. The summed E-state index contributed by atoms with van der Waals surface area (Å²) in [7, 11) is 5.09. The highest BCUT2D eigenvalue weighted by Gasteiger charge is 2.06. The topological polar surface area (TPSA) is 49.4 Å². The number of hydrogen-bond donors (Lipinski definition) is 1. The average Bonchev–Trinajstić information content (AvgIpc) is 2.03. The summed E-state index contributed by atoms with van der Waals surface area (Å²) < 4.78 is 0. The van der Waals surface area contributed by atoms with Crippen LogP contribution >= 0.6 is 0 Å². The van der Waals surface area contributed by atoms with E-state index in [1.54, 1.807) is 26.0 Å². The fourth-order valence-corrected chi connectivity index (χ4v) is 0.516. The second-order valence-corrected chi connectivity index (χ2v) is 2.79. The summed E-state index contributed by atoms with van der Waals surface area (Å²) in [5.74, 6) is 0.315. The van der Waals surface area contributed by atoms with Crippen molar-refractivity contribution in [3.63, 3.8) is 0 Å². The molecule has 12 heavy (non-hydrogen) atoms. The maximum Gasteiger partial charge on any atom is 0.224 e. The number of amides is 2. The minimum atomic E-state index is 0.130. The summed E-state index contributed by atoms with van der Waals surface area (Å²) in [6, 6.07) is 0. The molecule has 0 unspecified atom stereocenters. The molecule has 72 valence electrons. The molecule has 4 nitrogen and oxygen atoms in total. The van der Waals surface area contributed by atoms with Gasteiger partial charge in [-0.2, -0.15) is 0 Å². The molecular weight excluding hydrogens is 156 g/mol. The fourth-order valence-electron chi connectivity index (χ4n) is 0.516. The van der Waals surface area contributed by atoms with Crippen molar-refractivity contribution in [3.8, 4) is 0 Å². The lowest BCUT2D eigenvalue weighted by atomic mass is 10.2. The number of rotatable bonds is 2. The molecule has 0 aromatic carbocycles. The van der Waals surface area contributed by atoms with Crippen molar-refractivity contribution in [2.24, 2.45) is 5.92 Å². The molecule has 0 aromatic rings. The zero-order chi connectivity index (χ0) is 10.1. The molecule has 0 rings (SSSR count). The van der Waals surface area contributed by atoms with E-state index in [0.717, 1.165) is 0 Å². The molecule has 0 aromatic heterocycles. The van der Waals surface area contributed by atoms with Crippen molar-refractivity contribution in [1.82, 2.24) is 10.2 Å². The Morgan fingerprint density at radius 2 is 1.75 bits per heavy atom. The molecule has 0 saturated heterocycles. The molecule has 0 aliphatic heterocycles. The molecule has 0 atom stereocenters. The van der Waals surface area contributed by atoms with Gasteiger partial charge in [0.05, 0.1) is 0 Å². The van der Waals surface area contributed by atoms with Gasteiger partial charge in [0.2, 0.25) is 12.3 Å². The van der Waals surface area contributed by atoms with Gasteiger partial charge in [-0.1, -0.05) is 13.8 Å². The van der Waals surface area contributed by atoms with Gasteiger partial charge in [0.25, 0.3) is 0 Å². The quantitative estimate of drug-likeness (QED) is 0.603. The molecule has 0 radical (unpaired) electrons. The summed E-state index contributed by atoms with van der Waals surface area (Å²) in [5, 5.41) is 2.25. The Labute approximate surface area is 73.9 Å². The van der Waals surface area contributed by atoms with Gasteiger partial charge in [-0.3, -0.25) is 9.59 Å². The van der Waals surface area contributed by atoms with Crippen LogP contribution in [0.2, 0.25) is 0 Å². The van der Waals surface area contributed by atoms with Crippen LogP contribution in [0.1, 0.15) is 13.8 Å². The van der Waals surface area contributed by atoms with Gasteiger partial charge >= 0.3 is 0 Å². The van der Waals surface area contributed by atoms with Gasteiger partial charge in [-0.05, 0) is 0 Å². The van der Waals surface area contributed by atoms with Crippen LogP contribution in [0, 0.1) is 5.92 Å². The van der Waals surface area contributed by atoms with E-state index in [1.165, 1.54) is 0 Å². The number of nitrogens with one attached hydrogen (secondary N) is 1. The fraction of sp³-hybridized carbons (Fsp3) is 0.750. The van der Waals surface area contributed by atoms with Crippen LogP contribution in [0.25, 0.3) is 0 Å². The molecule has 0 aliphatic carbocycles. The van der Waals surface area contributed by atoms with Gasteiger partial charge < -0.3 is 10.2 Å². The van der Waals surface area contributed by atoms with Gasteiger partial charge in [-0.15, -0.1) is 0 Å². The van der Waals surface area contributed by atoms with Crippen molar-refractivity contribution in [2.45, 2.75) is 13.8 Å². The minimum Gasteiger partial charge on any atom is -0.362 e. The van der Waals surface area contributed by atoms with Gasteiger partial charge in [0.15, 0.2) is 0 Å². The van der Waals surface area contributed by atoms with E-state index in [-0.39, 0.29) is 11.8 Å². The SMILES string of the molecule is CC(C)C(=O)N(C)C.CNC=O. The first-order chi connectivity index (χ1) is 5.47. The van der Waals surface area contributed by atoms with Crippen molar-refractivity contribution in [2.75, 3.05) is 21.1 Å². The third-order valence-corrected chi connectivity index (χ3v) is 1.05.